The maximum absolute atomic E-state index is 5.94. The number of thiocarbonyl (C=S) groups is 1. The first kappa shape index (κ1) is 16.2. The Balaban J connectivity index is 1.57. The van der Waals surface area contributed by atoms with Crippen molar-refractivity contribution >= 4 is 45.0 Å². The Labute approximate surface area is 151 Å². The molecule has 1 fully saturated rings. The zero-order valence-electron chi connectivity index (χ0n) is 14.0. The number of hydrogen-bond acceptors (Lipinski definition) is 4. The lowest BCUT2D eigenvalue weighted by molar-refractivity contribution is 0.114. The van der Waals surface area contributed by atoms with E-state index in [-0.39, 0.29) is 6.10 Å². The van der Waals surface area contributed by atoms with Crippen molar-refractivity contribution in [3.8, 4) is 5.75 Å². The van der Waals surface area contributed by atoms with E-state index in [1.165, 1.54) is 0 Å². The van der Waals surface area contributed by atoms with Crippen LogP contribution >= 0.6 is 12.2 Å². The summed E-state index contributed by atoms with van der Waals surface area (Å²) in [7, 11) is 1.65. The van der Waals surface area contributed by atoms with Gasteiger partial charge in [-0.3, -0.25) is 0 Å². The van der Waals surface area contributed by atoms with Gasteiger partial charge in [0.25, 0.3) is 0 Å². The molecule has 0 unspecified atom stereocenters. The van der Waals surface area contributed by atoms with E-state index in [1.807, 2.05) is 36.4 Å². The van der Waals surface area contributed by atoms with Crippen molar-refractivity contribution < 1.29 is 13.9 Å². The molecule has 1 saturated heterocycles. The van der Waals surface area contributed by atoms with Crippen LogP contribution in [0.5, 0.6) is 5.75 Å². The standard InChI is InChI=1S/C19H20N2O3S/c1-22-18-9-14-13-6-2-3-7-16(13)24-17(14)10-15(18)21-19(25)20-11-12-5-4-8-23-12/h2-3,6-7,9-10,12H,4-5,8,11H2,1H3,(H2,20,21,25)/t12-/m0/s1. The summed E-state index contributed by atoms with van der Waals surface area (Å²) in [5.74, 6) is 0.723. The van der Waals surface area contributed by atoms with Crippen LogP contribution in [0.15, 0.2) is 40.8 Å². The van der Waals surface area contributed by atoms with Crippen LogP contribution in [0.1, 0.15) is 12.8 Å². The minimum atomic E-state index is 0.236. The van der Waals surface area contributed by atoms with Gasteiger partial charge < -0.3 is 24.5 Å². The first-order chi connectivity index (χ1) is 12.2. The van der Waals surface area contributed by atoms with Crippen LogP contribution in [-0.2, 0) is 4.74 Å². The minimum Gasteiger partial charge on any atom is -0.495 e. The van der Waals surface area contributed by atoms with Crippen molar-refractivity contribution in [2.75, 3.05) is 25.6 Å². The Bertz CT molecular complexity index is 916. The van der Waals surface area contributed by atoms with Crippen LogP contribution in [0, 0.1) is 0 Å². The Morgan fingerprint density at radius 3 is 2.92 bits per heavy atom. The van der Waals surface area contributed by atoms with Gasteiger partial charge in [0.15, 0.2) is 5.11 Å². The van der Waals surface area contributed by atoms with Gasteiger partial charge in [0.05, 0.1) is 18.9 Å². The SMILES string of the molecule is COc1cc2c(cc1NC(=S)NC[C@@H]1CCCO1)oc1ccccc12. The number of benzene rings is 2. The second-order valence-corrected chi connectivity index (χ2v) is 6.53. The maximum atomic E-state index is 5.94. The molecule has 1 aliphatic heterocycles. The average Bonchev–Trinajstić information content (AvgIpc) is 3.26. The molecule has 2 heterocycles. The van der Waals surface area contributed by atoms with Crippen molar-refractivity contribution in [1.29, 1.82) is 0 Å². The van der Waals surface area contributed by atoms with E-state index >= 15 is 0 Å². The number of rotatable bonds is 4. The van der Waals surface area contributed by atoms with Gasteiger partial charge in [-0.15, -0.1) is 0 Å². The quantitative estimate of drug-likeness (QED) is 0.688. The summed E-state index contributed by atoms with van der Waals surface area (Å²) in [6.45, 7) is 1.55. The highest BCUT2D eigenvalue weighted by molar-refractivity contribution is 7.80. The molecule has 2 aromatic carbocycles. The Kier molecular flexibility index (Phi) is 4.46. The van der Waals surface area contributed by atoms with Crippen LogP contribution in [0.2, 0.25) is 0 Å². The van der Waals surface area contributed by atoms with Crippen molar-refractivity contribution in [3.63, 3.8) is 0 Å². The third-order valence-corrected chi connectivity index (χ3v) is 4.71. The summed E-state index contributed by atoms with van der Waals surface area (Å²) in [6.07, 6.45) is 2.42. The topological polar surface area (TPSA) is 55.7 Å². The molecule has 2 N–H and O–H groups in total. The van der Waals surface area contributed by atoms with Crippen LogP contribution in [-0.4, -0.2) is 31.5 Å². The molecule has 0 aliphatic carbocycles. The van der Waals surface area contributed by atoms with Crippen molar-refractivity contribution in [2.45, 2.75) is 18.9 Å². The van der Waals surface area contributed by atoms with Crippen LogP contribution < -0.4 is 15.4 Å². The molecule has 130 valence electrons. The van der Waals surface area contributed by atoms with Crippen LogP contribution in [0.4, 0.5) is 5.69 Å². The van der Waals surface area contributed by atoms with Crippen LogP contribution in [0.3, 0.4) is 0 Å². The van der Waals surface area contributed by atoms with E-state index in [4.69, 9.17) is 26.1 Å². The minimum absolute atomic E-state index is 0.236. The first-order valence-electron chi connectivity index (χ1n) is 8.40. The molecule has 3 aromatic rings. The summed E-state index contributed by atoms with van der Waals surface area (Å²) in [5.41, 5.74) is 2.43. The molecular formula is C19H20N2O3S. The van der Waals surface area contributed by atoms with E-state index in [0.717, 1.165) is 52.8 Å². The lowest BCUT2D eigenvalue weighted by Gasteiger charge is -2.15. The first-order valence-corrected chi connectivity index (χ1v) is 8.81. The summed E-state index contributed by atoms with van der Waals surface area (Å²) in [6, 6.07) is 11.9. The smallest absolute Gasteiger partial charge is 0.170 e. The fourth-order valence-electron chi connectivity index (χ4n) is 3.20. The highest BCUT2D eigenvalue weighted by Gasteiger charge is 2.16. The van der Waals surface area contributed by atoms with E-state index < -0.39 is 0 Å². The number of ether oxygens (including phenoxy) is 2. The number of hydrogen-bond donors (Lipinski definition) is 2. The number of nitrogens with one attached hydrogen (secondary N) is 2. The van der Waals surface area contributed by atoms with Crippen molar-refractivity contribution in [1.82, 2.24) is 5.32 Å². The molecule has 5 nitrogen and oxygen atoms in total. The summed E-state index contributed by atoms with van der Waals surface area (Å²) < 4.78 is 17.1. The predicted molar refractivity (Wildman–Crippen MR) is 103 cm³/mol. The molecule has 1 aromatic heterocycles. The van der Waals surface area contributed by atoms with Gasteiger partial charge in [-0.2, -0.15) is 0 Å². The average molecular weight is 356 g/mol. The monoisotopic (exact) mass is 356 g/mol. The second kappa shape index (κ2) is 6.90. The largest absolute Gasteiger partial charge is 0.495 e. The zero-order chi connectivity index (χ0) is 17.2. The molecule has 1 aliphatic rings. The van der Waals surface area contributed by atoms with Crippen molar-refractivity contribution in [2.24, 2.45) is 0 Å². The van der Waals surface area contributed by atoms with E-state index in [1.54, 1.807) is 7.11 Å². The molecule has 4 rings (SSSR count). The number of anilines is 1. The lowest BCUT2D eigenvalue weighted by atomic mass is 10.1. The normalized spacial score (nSPS) is 17.1. The third kappa shape index (κ3) is 3.27. The molecule has 0 saturated carbocycles. The molecular weight excluding hydrogens is 336 g/mol. The number of furan rings is 1. The van der Waals surface area contributed by atoms with E-state index in [2.05, 4.69) is 10.6 Å². The zero-order valence-corrected chi connectivity index (χ0v) is 14.8. The number of fused-ring (bicyclic) bond motifs is 3. The highest BCUT2D eigenvalue weighted by Crippen LogP contribution is 2.36. The Morgan fingerprint density at radius 2 is 2.12 bits per heavy atom. The number of methoxy groups -OCH3 is 1. The maximum Gasteiger partial charge on any atom is 0.170 e. The van der Waals surface area contributed by atoms with Gasteiger partial charge in [-0.25, -0.2) is 0 Å². The molecule has 0 spiro atoms. The summed E-state index contributed by atoms with van der Waals surface area (Å²) in [5, 5.41) is 9.05. The van der Waals surface area contributed by atoms with E-state index in [0.29, 0.717) is 11.7 Å². The van der Waals surface area contributed by atoms with Gasteiger partial charge in [0.1, 0.15) is 16.9 Å². The molecule has 0 bridgehead atoms. The van der Waals surface area contributed by atoms with Crippen molar-refractivity contribution in [3.05, 3.63) is 36.4 Å². The third-order valence-electron chi connectivity index (χ3n) is 4.46. The van der Waals surface area contributed by atoms with Gasteiger partial charge in [0.2, 0.25) is 0 Å². The molecule has 25 heavy (non-hydrogen) atoms. The van der Waals surface area contributed by atoms with Gasteiger partial charge in [-0.05, 0) is 37.2 Å². The molecule has 1 atom stereocenters. The Morgan fingerprint density at radius 1 is 1.24 bits per heavy atom. The molecule has 0 radical (unpaired) electrons. The lowest BCUT2D eigenvalue weighted by Crippen LogP contribution is -2.34. The number of para-hydroxylation sites is 1. The Hall–Kier alpha value is -2.31. The van der Waals surface area contributed by atoms with Gasteiger partial charge in [0, 0.05) is 30.0 Å². The molecule has 0 amide bonds. The fourth-order valence-corrected chi connectivity index (χ4v) is 3.39. The fraction of sp³-hybridized carbons (Fsp3) is 0.316. The van der Waals surface area contributed by atoms with Crippen LogP contribution in [0.25, 0.3) is 21.9 Å². The predicted octanol–water partition coefficient (Wildman–Crippen LogP) is 4.06. The second-order valence-electron chi connectivity index (χ2n) is 6.12. The summed E-state index contributed by atoms with van der Waals surface area (Å²) in [4.78, 5) is 0. The van der Waals surface area contributed by atoms with E-state index in [9.17, 15) is 0 Å². The van der Waals surface area contributed by atoms with Gasteiger partial charge >= 0.3 is 0 Å². The highest BCUT2D eigenvalue weighted by atomic mass is 32.1. The molecule has 6 heteroatoms. The summed E-state index contributed by atoms with van der Waals surface area (Å²) >= 11 is 5.40. The van der Waals surface area contributed by atoms with Gasteiger partial charge in [-0.1, -0.05) is 18.2 Å².